The molecule has 0 saturated carbocycles. The van der Waals surface area contributed by atoms with Gasteiger partial charge in [-0.2, -0.15) is 5.10 Å². The van der Waals surface area contributed by atoms with Gasteiger partial charge in [-0.15, -0.1) is 5.10 Å². The Morgan fingerprint density at radius 2 is 1.65 bits per heavy atom. The fourth-order valence-corrected chi connectivity index (χ4v) is 2.22. The van der Waals surface area contributed by atoms with E-state index in [-0.39, 0.29) is 5.92 Å². The second-order valence-electron chi connectivity index (χ2n) is 4.59. The molecule has 1 aliphatic heterocycles. The third-order valence-electron chi connectivity index (χ3n) is 3.24. The fraction of sp³-hybridized carbons (Fsp3) is 0.429. The number of rotatable bonds is 4. The molecule has 1 unspecified atom stereocenters. The second-order valence-corrected chi connectivity index (χ2v) is 4.59. The van der Waals surface area contributed by atoms with Crippen LogP contribution in [-0.2, 0) is 0 Å². The summed E-state index contributed by atoms with van der Waals surface area (Å²) in [5.41, 5.74) is 7.31. The topological polar surface area (TPSA) is 78.4 Å². The van der Waals surface area contributed by atoms with Crippen LogP contribution in [0, 0.1) is 5.92 Å². The van der Waals surface area contributed by atoms with Crippen molar-refractivity contribution in [1.29, 1.82) is 0 Å². The highest BCUT2D eigenvalue weighted by atomic mass is 16.5. The summed E-state index contributed by atoms with van der Waals surface area (Å²) in [5, 5.41) is 8.18. The Bertz CT molecular complexity index is 542. The van der Waals surface area contributed by atoms with E-state index in [1.54, 1.807) is 33.5 Å². The normalized spacial score (nSPS) is 18.1. The first-order chi connectivity index (χ1) is 9.60. The largest absolute Gasteiger partial charge is 0.496 e. The van der Waals surface area contributed by atoms with E-state index in [2.05, 4.69) is 10.2 Å². The maximum absolute atomic E-state index is 5.71. The first-order valence-corrected chi connectivity index (χ1v) is 6.31. The third-order valence-corrected chi connectivity index (χ3v) is 3.24. The van der Waals surface area contributed by atoms with Crippen molar-refractivity contribution in [3.05, 3.63) is 17.7 Å². The van der Waals surface area contributed by atoms with Crippen molar-refractivity contribution in [2.45, 2.75) is 13.3 Å². The van der Waals surface area contributed by atoms with Gasteiger partial charge >= 0.3 is 0 Å². The van der Waals surface area contributed by atoms with Gasteiger partial charge in [-0.1, -0.05) is 6.92 Å². The summed E-state index contributed by atoms with van der Waals surface area (Å²) in [5.74, 6) is 2.62. The third kappa shape index (κ3) is 2.54. The Morgan fingerprint density at radius 1 is 1.05 bits per heavy atom. The first-order valence-electron chi connectivity index (χ1n) is 6.31. The van der Waals surface area contributed by atoms with Crippen molar-refractivity contribution >= 4 is 11.5 Å². The molecule has 1 atom stereocenters. The van der Waals surface area contributed by atoms with E-state index in [0.29, 0.717) is 29.5 Å². The zero-order valence-corrected chi connectivity index (χ0v) is 12.1. The van der Waals surface area contributed by atoms with Crippen molar-refractivity contribution in [1.82, 2.24) is 0 Å². The molecular weight excluding hydrogens is 258 g/mol. The predicted octanol–water partition coefficient (Wildman–Crippen LogP) is 1.81. The van der Waals surface area contributed by atoms with Crippen LogP contribution in [0.25, 0.3) is 0 Å². The zero-order valence-electron chi connectivity index (χ0n) is 12.1. The molecule has 1 aromatic carbocycles. The van der Waals surface area contributed by atoms with E-state index in [1.807, 2.05) is 6.92 Å². The van der Waals surface area contributed by atoms with Gasteiger partial charge in [0.2, 0.25) is 0 Å². The highest BCUT2D eigenvalue weighted by Gasteiger charge is 2.25. The number of hydrogen-bond donors (Lipinski definition) is 1. The molecule has 2 rings (SSSR count). The van der Waals surface area contributed by atoms with Crippen molar-refractivity contribution in [2.24, 2.45) is 21.9 Å². The summed E-state index contributed by atoms with van der Waals surface area (Å²) in [4.78, 5) is 0. The summed E-state index contributed by atoms with van der Waals surface area (Å²) >= 11 is 0. The number of hydrogen-bond acceptors (Lipinski definition) is 6. The second kappa shape index (κ2) is 5.81. The molecule has 0 aliphatic carbocycles. The first kappa shape index (κ1) is 14.2. The molecular formula is C14H19N3O3. The molecule has 1 aliphatic rings. The predicted molar refractivity (Wildman–Crippen MR) is 78.0 cm³/mol. The Morgan fingerprint density at radius 3 is 2.10 bits per heavy atom. The van der Waals surface area contributed by atoms with E-state index < -0.39 is 0 Å². The molecule has 20 heavy (non-hydrogen) atoms. The van der Waals surface area contributed by atoms with E-state index in [0.717, 1.165) is 11.3 Å². The number of amidine groups is 1. The van der Waals surface area contributed by atoms with Gasteiger partial charge in [0.15, 0.2) is 0 Å². The van der Waals surface area contributed by atoms with E-state index in [4.69, 9.17) is 19.9 Å². The van der Waals surface area contributed by atoms with Crippen molar-refractivity contribution in [3.63, 3.8) is 0 Å². The van der Waals surface area contributed by atoms with Gasteiger partial charge < -0.3 is 19.9 Å². The molecule has 0 amide bonds. The summed E-state index contributed by atoms with van der Waals surface area (Å²) in [6.07, 6.45) is 0.664. The number of methoxy groups -OCH3 is 3. The molecule has 6 nitrogen and oxygen atoms in total. The molecule has 0 radical (unpaired) electrons. The van der Waals surface area contributed by atoms with Crippen LogP contribution in [0.5, 0.6) is 17.2 Å². The standard InChI is InChI=1S/C14H19N3O3/c1-8-5-12(15)16-17-14(8)13-10(19-3)6-9(18-2)7-11(13)20-4/h6-8H,5H2,1-4H3,(H2,15,16). The average Bonchev–Trinajstić information content (AvgIpc) is 2.46. The number of benzene rings is 1. The molecule has 0 fully saturated rings. The van der Waals surface area contributed by atoms with Gasteiger partial charge in [0, 0.05) is 24.5 Å². The Balaban J connectivity index is 2.60. The molecule has 108 valence electrons. The van der Waals surface area contributed by atoms with Gasteiger partial charge in [-0.05, 0) is 0 Å². The van der Waals surface area contributed by atoms with E-state index >= 15 is 0 Å². The monoisotopic (exact) mass is 277 g/mol. The van der Waals surface area contributed by atoms with E-state index in [1.165, 1.54) is 0 Å². The smallest absolute Gasteiger partial charge is 0.135 e. The van der Waals surface area contributed by atoms with Crippen LogP contribution < -0.4 is 19.9 Å². The molecule has 6 heteroatoms. The van der Waals surface area contributed by atoms with Crippen molar-refractivity contribution < 1.29 is 14.2 Å². The minimum Gasteiger partial charge on any atom is -0.496 e. The summed E-state index contributed by atoms with van der Waals surface area (Å²) in [6.45, 7) is 2.05. The van der Waals surface area contributed by atoms with Gasteiger partial charge in [0.05, 0.1) is 32.6 Å². The number of ether oxygens (including phenoxy) is 3. The number of nitrogens with zero attached hydrogens (tertiary/aromatic N) is 2. The SMILES string of the molecule is COc1cc(OC)c(C2=NN=C(N)CC2C)c(OC)c1. The van der Waals surface area contributed by atoms with Gasteiger partial charge in [0.1, 0.15) is 23.1 Å². The molecule has 0 spiro atoms. The Hall–Kier alpha value is -2.24. The minimum absolute atomic E-state index is 0.142. The number of nitrogens with two attached hydrogens (primary N) is 1. The Labute approximate surface area is 118 Å². The van der Waals surface area contributed by atoms with Crippen LogP contribution in [0.2, 0.25) is 0 Å². The van der Waals surface area contributed by atoms with Crippen molar-refractivity contribution in [3.8, 4) is 17.2 Å². The lowest BCUT2D eigenvalue weighted by molar-refractivity contribution is 0.373. The molecule has 1 aromatic rings. The average molecular weight is 277 g/mol. The van der Waals surface area contributed by atoms with Gasteiger partial charge in [-0.3, -0.25) is 0 Å². The lowest BCUT2D eigenvalue weighted by Crippen LogP contribution is -2.25. The van der Waals surface area contributed by atoms with Crippen LogP contribution in [0.15, 0.2) is 22.3 Å². The van der Waals surface area contributed by atoms with Crippen LogP contribution in [0.3, 0.4) is 0 Å². The van der Waals surface area contributed by atoms with E-state index in [9.17, 15) is 0 Å². The lowest BCUT2D eigenvalue weighted by atomic mass is 9.93. The zero-order chi connectivity index (χ0) is 14.7. The molecule has 0 bridgehead atoms. The minimum atomic E-state index is 0.142. The van der Waals surface area contributed by atoms with Crippen LogP contribution in [0.1, 0.15) is 18.9 Å². The highest BCUT2D eigenvalue weighted by molar-refractivity contribution is 6.09. The molecule has 2 N–H and O–H groups in total. The van der Waals surface area contributed by atoms with Gasteiger partial charge in [-0.25, -0.2) is 0 Å². The Kier molecular flexibility index (Phi) is 4.12. The van der Waals surface area contributed by atoms with Crippen LogP contribution in [-0.4, -0.2) is 32.9 Å². The fourth-order valence-electron chi connectivity index (χ4n) is 2.22. The maximum Gasteiger partial charge on any atom is 0.135 e. The van der Waals surface area contributed by atoms with Crippen LogP contribution >= 0.6 is 0 Å². The molecule has 1 heterocycles. The summed E-state index contributed by atoms with van der Waals surface area (Å²) in [7, 11) is 4.80. The van der Waals surface area contributed by atoms with Crippen LogP contribution in [0.4, 0.5) is 0 Å². The lowest BCUT2D eigenvalue weighted by Gasteiger charge is -2.21. The molecule has 0 aromatic heterocycles. The molecule has 0 saturated heterocycles. The maximum atomic E-state index is 5.71. The quantitative estimate of drug-likeness (QED) is 0.910. The summed E-state index contributed by atoms with van der Waals surface area (Å²) in [6, 6.07) is 3.60. The van der Waals surface area contributed by atoms with Crippen molar-refractivity contribution in [2.75, 3.05) is 21.3 Å². The summed E-state index contributed by atoms with van der Waals surface area (Å²) < 4.78 is 16.1. The van der Waals surface area contributed by atoms with Gasteiger partial charge in [0.25, 0.3) is 0 Å². The highest BCUT2D eigenvalue weighted by Crippen LogP contribution is 2.37.